The second-order valence-electron chi connectivity index (χ2n) is 7.35. The van der Waals surface area contributed by atoms with Crippen molar-refractivity contribution in [3.05, 3.63) is 89.0 Å². The third kappa shape index (κ3) is 4.70. The van der Waals surface area contributed by atoms with E-state index in [9.17, 15) is 0 Å². The van der Waals surface area contributed by atoms with Gasteiger partial charge in [-0.05, 0) is 35.4 Å². The van der Waals surface area contributed by atoms with Gasteiger partial charge in [-0.2, -0.15) is 9.61 Å². The number of hydrogen-bond acceptors (Lipinski definition) is 4. The van der Waals surface area contributed by atoms with E-state index >= 15 is 0 Å². The van der Waals surface area contributed by atoms with E-state index in [0.29, 0.717) is 27.3 Å². The van der Waals surface area contributed by atoms with Gasteiger partial charge < -0.3 is 9.47 Å². The fraction of sp³-hybridized carbons (Fsp3) is 0.143. The molecular formula is C28H25Cl2N3O2. The number of nitrogens with zero attached hydrogens (tertiary/aromatic N) is 3. The van der Waals surface area contributed by atoms with Crippen molar-refractivity contribution in [1.29, 1.82) is 0 Å². The van der Waals surface area contributed by atoms with Crippen molar-refractivity contribution in [2.24, 2.45) is 0 Å². The standard InChI is InChI=1S/C26H19Cl2N3O2.C2H6/c1-32-20-13-11-16(12-14-20)22-24(28)29-25-21(18-9-6-10-19(27)15-18)23(17-7-4-3-5-8-17)30-31(25)26(22)33-2;1-2/h3-15H,1-2H3;1-2H3. The van der Waals surface area contributed by atoms with Crippen LogP contribution < -0.4 is 9.47 Å². The minimum atomic E-state index is 0.312. The first-order chi connectivity index (χ1) is 17.1. The first-order valence-corrected chi connectivity index (χ1v) is 12.0. The van der Waals surface area contributed by atoms with E-state index in [-0.39, 0.29) is 0 Å². The lowest BCUT2D eigenvalue weighted by atomic mass is 10.0. The first-order valence-electron chi connectivity index (χ1n) is 11.2. The van der Waals surface area contributed by atoms with Crippen LogP contribution in [0.1, 0.15) is 13.8 Å². The summed E-state index contributed by atoms with van der Waals surface area (Å²) in [6, 6.07) is 25.1. The summed E-state index contributed by atoms with van der Waals surface area (Å²) in [6.07, 6.45) is 0. The molecule has 0 saturated heterocycles. The maximum atomic E-state index is 6.75. The molecule has 0 saturated carbocycles. The molecule has 5 rings (SSSR count). The Bertz CT molecular complexity index is 1450. The molecule has 5 nitrogen and oxygen atoms in total. The topological polar surface area (TPSA) is 48.7 Å². The van der Waals surface area contributed by atoms with Crippen molar-refractivity contribution in [1.82, 2.24) is 14.6 Å². The Morgan fingerprint density at radius 3 is 2.03 bits per heavy atom. The normalized spacial score (nSPS) is 10.6. The van der Waals surface area contributed by atoms with E-state index in [4.69, 9.17) is 42.8 Å². The van der Waals surface area contributed by atoms with Crippen molar-refractivity contribution < 1.29 is 9.47 Å². The molecule has 0 aliphatic carbocycles. The van der Waals surface area contributed by atoms with Gasteiger partial charge in [0.15, 0.2) is 5.65 Å². The fourth-order valence-electron chi connectivity index (χ4n) is 3.89. The highest BCUT2D eigenvalue weighted by atomic mass is 35.5. The summed E-state index contributed by atoms with van der Waals surface area (Å²) in [7, 11) is 3.23. The third-order valence-corrected chi connectivity index (χ3v) is 5.92. The van der Waals surface area contributed by atoms with Gasteiger partial charge in [-0.1, -0.05) is 91.6 Å². The monoisotopic (exact) mass is 505 g/mol. The fourth-order valence-corrected chi connectivity index (χ4v) is 4.35. The second kappa shape index (κ2) is 10.8. The third-order valence-electron chi connectivity index (χ3n) is 5.41. The van der Waals surface area contributed by atoms with Gasteiger partial charge in [0, 0.05) is 10.6 Å². The van der Waals surface area contributed by atoms with E-state index in [2.05, 4.69) is 0 Å². The molecule has 7 heteroatoms. The van der Waals surface area contributed by atoms with Crippen LogP contribution in [0.25, 0.3) is 39.2 Å². The molecule has 0 fully saturated rings. The van der Waals surface area contributed by atoms with Crippen LogP contribution in [0.15, 0.2) is 78.9 Å². The number of methoxy groups -OCH3 is 2. The van der Waals surface area contributed by atoms with Crippen LogP contribution in [0.4, 0.5) is 0 Å². The van der Waals surface area contributed by atoms with Crippen LogP contribution in [0.2, 0.25) is 10.2 Å². The van der Waals surface area contributed by atoms with Gasteiger partial charge in [-0.3, -0.25) is 0 Å². The van der Waals surface area contributed by atoms with Crippen LogP contribution in [0.5, 0.6) is 11.6 Å². The second-order valence-corrected chi connectivity index (χ2v) is 8.15. The van der Waals surface area contributed by atoms with E-state index in [1.165, 1.54) is 0 Å². The highest BCUT2D eigenvalue weighted by Crippen LogP contribution is 2.42. The van der Waals surface area contributed by atoms with E-state index < -0.39 is 0 Å². The molecule has 2 heterocycles. The summed E-state index contributed by atoms with van der Waals surface area (Å²) < 4.78 is 12.8. The molecule has 0 aliphatic rings. The van der Waals surface area contributed by atoms with E-state index in [1.54, 1.807) is 18.7 Å². The summed E-state index contributed by atoms with van der Waals surface area (Å²) in [5, 5.41) is 5.86. The Labute approximate surface area is 214 Å². The Balaban J connectivity index is 0.00000141. The van der Waals surface area contributed by atoms with E-state index in [1.807, 2.05) is 92.7 Å². The predicted octanol–water partition coefficient (Wildman–Crippen LogP) is 8.08. The zero-order valence-corrected chi connectivity index (χ0v) is 21.4. The van der Waals surface area contributed by atoms with Crippen molar-refractivity contribution in [2.75, 3.05) is 14.2 Å². The zero-order chi connectivity index (χ0) is 24.9. The lowest BCUT2D eigenvalue weighted by Gasteiger charge is -2.12. The maximum absolute atomic E-state index is 6.75. The Morgan fingerprint density at radius 2 is 1.40 bits per heavy atom. The number of aromatic nitrogens is 3. The summed E-state index contributed by atoms with van der Waals surface area (Å²) >= 11 is 13.1. The Kier molecular flexibility index (Phi) is 7.59. The molecule has 0 amide bonds. The highest BCUT2D eigenvalue weighted by Gasteiger charge is 2.24. The van der Waals surface area contributed by atoms with Crippen LogP contribution >= 0.6 is 23.2 Å². The number of fused-ring (bicyclic) bond motifs is 1. The highest BCUT2D eigenvalue weighted by molar-refractivity contribution is 6.32. The van der Waals surface area contributed by atoms with Gasteiger partial charge >= 0.3 is 0 Å². The number of benzene rings is 3. The summed E-state index contributed by atoms with van der Waals surface area (Å²) in [5.74, 6) is 1.23. The lowest BCUT2D eigenvalue weighted by Crippen LogP contribution is -2.02. The number of ether oxygens (including phenoxy) is 2. The lowest BCUT2D eigenvalue weighted by molar-refractivity contribution is 0.387. The molecule has 35 heavy (non-hydrogen) atoms. The summed E-state index contributed by atoms with van der Waals surface area (Å²) in [4.78, 5) is 4.77. The molecule has 0 bridgehead atoms. The molecule has 0 radical (unpaired) electrons. The molecule has 0 N–H and O–H groups in total. The average Bonchev–Trinajstić information content (AvgIpc) is 3.28. The van der Waals surface area contributed by atoms with Gasteiger partial charge in [-0.15, -0.1) is 0 Å². The molecule has 5 aromatic rings. The van der Waals surface area contributed by atoms with Crippen LogP contribution in [0.3, 0.4) is 0 Å². The van der Waals surface area contributed by atoms with Crippen LogP contribution in [-0.2, 0) is 0 Å². The van der Waals surface area contributed by atoms with Gasteiger partial charge in [-0.25, -0.2) is 4.98 Å². The maximum Gasteiger partial charge on any atom is 0.227 e. The quantitative estimate of drug-likeness (QED) is 0.226. The van der Waals surface area contributed by atoms with Crippen molar-refractivity contribution >= 4 is 28.8 Å². The van der Waals surface area contributed by atoms with Crippen LogP contribution in [-0.4, -0.2) is 28.8 Å². The molecule has 0 unspecified atom stereocenters. The van der Waals surface area contributed by atoms with Gasteiger partial charge in [0.25, 0.3) is 0 Å². The molecule has 0 aliphatic heterocycles. The number of hydrogen-bond donors (Lipinski definition) is 0. The van der Waals surface area contributed by atoms with Crippen molar-refractivity contribution in [3.8, 4) is 45.1 Å². The molecule has 2 aromatic heterocycles. The Morgan fingerprint density at radius 1 is 0.714 bits per heavy atom. The smallest absolute Gasteiger partial charge is 0.227 e. The minimum Gasteiger partial charge on any atom is -0.497 e. The van der Waals surface area contributed by atoms with Gasteiger partial charge in [0.2, 0.25) is 5.88 Å². The Hall–Kier alpha value is -3.54. The van der Waals surface area contributed by atoms with Crippen molar-refractivity contribution in [2.45, 2.75) is 13.8 Å². The van der Waals surface area contributed by atoms with Gasteiger partial charge in [0.05, 0.1) is 25.3 Å². The molecule has 178 valence electrons. The zero-order valence-electron chi connectivity index (χ0n) is 19.9. The molecular weight excluding hydrogens is 481 g/mol. The van der Waals surface area contributed by atoms with Crippen LogP contribution in [0, 0.1) is 0 Å². The number of halogens is 2. The first kappa shape index (κ1) is 24.6. The van der Waals surface area contributed by atoms with Gasteiger partial charge in [0.1, 0.15) is 16.6 Å². The average molecular weight is 506 g/mol. The van der Waals surface area contributed by atoms with Crippen molar-refractivity contribution in [3.63, 3.8) is 0 Å². The van der Waals surface area contributed by atoms with E-state index in [0.717, 1.165) is 33.7 Å². The predicted molar refractivity (Wildman–Crippen MR) is 144 cm³/mol. The summed E-state index contributed by atoms with van der Waals surface area (Å²) in [5.41, 5.74) is 5.48. The minimum absolute atomic E-state index is 0.312. The molecule has 0 spiro atoms. The summed E-state index contributed by atoms with van der Waals surface area (Å²) in [6.45, 7) is 4.00. The largest absolute Gasteiger partial charge is 0.497 e. The molecule has 0 atom stereocenters. The molecule has 3 aromatic carbocycles. The number of rotatable bonds is 5. The SMILES string of the molecule is CC.COc1ccc(-c2c(Cl)nc3c(-c4cccc(Cl)c4)c(-c4ccccc4)nn3c2OC)cc1.